The zero-order valence-corrected chi connectivity index (χ0v) is 12.7. The van der Waals surface area contributed by atoms with Gasteiger partial charge < -0.3 is 10.6 Å². The summed E-state index contributed by atoms with van der Waals surface area (Å²) in [5.74, 6) is -0.273. The Balaban J connectivity index is 2.70. The van der Waals surface area contributed by atoms with Gasteiger partial charge in [-0.25, -0.2) is 9.37 Å². The maximum Gasteiger partial charge on any atom is 0.254 e. The van der Waals surface area contributed by atoms with Gasteiger partial charge in [0.1, 0.15) is 0 Å². The van der Waals surface area contributed by atoms with E-state index in [-0.39, 0.29) is 23.3 Å². The average molecular weight is 281 g/mol. The average Bonchev–Trinajstić information content (AvgIpc) is 2.39. The molecule has 0 aromatic carbocycles. The number of hydrogen-bond acceptors (Lipinski definition) is 3. The van der Waals surface area contributed by atoms with E-state index in [2.05, 4.69) is 29.5 Å². The molecular formula is C15H24FN3O. The fourth-order valence-corrected chi connectivity index (χ4v) is 1.87. The Labute approximate surface area is 120 Å². The number of anilines is 1. The fourth-order valence-electron chi connectivity index (χ4n) is 1.87. The van der Waals surface area contributed by atoms with Crippen molar-refractivity contribution in [3.05, 3.63) is 23.6 Å². The molecule has 112 valence electrons. The van der Waals surface area contributed by atoms with Gasteiger partial charge in [0.2, 0.25) is 0 Å². The van der Waals surface area contributed by atoms with Crippen LogP contribution in [0.15, 0.2) is 12.3 Å². The molecule has 5 heteroatoms. The number of nitrogens with one attached hydrogen (secondary N) is 2. The molecule has 4 nitrogen and oxygen atoms in total. The molecule has 0 radical (unpaired) electrons. The highest BCUT2D eigenvalue weighted by atomic mass is 19.1. The van der Waals surface area contributed by atoms with E-state index in [1.165, 1.54) is 12.3 Å². The Morgan fingerprint density at radius 2 is 2.05 bits per heavy atom. The van der Waals surface area contributed by atoms with Crippen LogP contribution in [-0.4, -0.2) is 23.5 Å². The quantitative estimate of drug-likeness (QED) is 0.807. The second kappa shape index (κ2) is 7.82. The van der Waals surface area contributed by atoms with Crippen molar-refractivity contribution in [2.75, 3.05) is 11.9 Å². The minimum Gasteiger partial charge on any atom is -0.368 e. The van der Waals surface area contributed by atoms with Crippen molar-refractivity contribution < 1.29 is 9.18 Å². The van der Waals surface area contributed by atoms with Crippen LogP contribution in [0.2, 0.25) is 0 Å². The molecule has 2 N–H and O–H groups in total. The summed E-state index contributed by atoms with van der Waals surface area (Å²) < 4.78 is 14.1. The van der Waals surface area contributed by atoms with Gasteiger partial charge in [0, 0.05) is 18.8 Å². The summed E-state index contributed by atoms with van der Waals surface area (Å²) >= 11 is 0. The lowest BCUT2D eigenvalue weighted by Crippen LogP contribution is -2.33. The summed E-state index contributed by atoms with van der Waals surface area (Å²) in [7, 11) is 0. The minimum atomic E-state index is -0.595. The maximum absolute atomic E-state index is 14.1. The van der Waals surface area contributed by atoms with E-state index in [4.69, 9.17) is 0 Å². The van der Waals surface area contributed by atoms with Gasteiger partial charge in [-0.05, 0) is 38.7 Å². The van der Waals surface area contributed by atoms with Gasteiger partial charge in [-0.15, -0.1) is 0 Å². The minimum absolute atomic E-state index is 0.0278. The summed E-state index contributed by atoms with van der Waals surface area (Å²) in [6.45, 7) is 8.62. The van der Waals surface area contributed by atoms with Crippen molar-refractivity contribution >= 4 is 11.7 Å². The van der Waals surface area contributed by atoms with Gasteiger partial charge in [-0.1, -0.05) is 13.8 Å². The molecule has 1 aromatic heterocycles. The van der Waals surface area contributed by atoms with E-state index in [1.807, 2.05) is 13.8 Å². The molecule has 1 unspecified atom stereocenters. The normalized spacial score (nSPS) is 12.3. The molecule has 20 heavy (non-hydrogen) atoms. The summed E-state index contributed by atoms with van der Waals surface area (Å²) in [5.41, 5.74) is 0.0346. The van der Waals surface area contributed by atoms with Gasteiger partial charge in [0.25, 0.3) is 5.91 Å². The number of rotatable bonds is 7. The van der Waals surface area contributed by atoms with Gasteiger partial charge in [-0.3, -0.25) is 4.79 Å². The van der Waals surface area contributed by atoms with Crippen LogP contribution in [-0.2, 0) is 0 Å². The Kier molecular flexibility index (Phi) is 6.42. The van der Waals surface area contributed by atoms with Gasteiger partial charge >= 0.3 is 0 Å². The fraction of sp³-hybridized carbons (Fsp3) is 0.600. The van der Waals surface area contributed by atoms with E-state index in [0.717, 1.165) is 12.8 Å². The van der Waals surface area contributed by atoms with Crippen molar-refractivity contribution in [1.82, 2.24) is 10.3 Å². The molecule has 0 aliphatic carbocycles. The summed E-state index contributed by atoms with van der Waals surface area (Å²) in [6, 6.07) is 1.43. The van der Waals surface area contributed by atoms with Crippen molar-refractivity contribution in [1.29, 1.82) is 0 Å². The van der Waals surface area contributed by atoms with Crippen LogP contribution in [0.25, 0.3) is 0 Å². The van der Waals surface area contributed by atoms with Crippen LogP contribution in [0, 0.1) is 11.7 Å². The highest BCUT2D eigenvalue weighted by Crippen LogP contribution is 2.15. The number of pyridine rings is 1. The first kappa shape index (κ1) is 16.4. The number of amides is 1. The first-order valence-electron chi connectivity index (χ1n) is 7.14. The molecule has 0 fully saturated rings. The smallest absolute Gasteiger partial charge is 0.254 e. The number of carbonyl (C=O) groups excluding carboxylic acids is 1. The maximum atomic E-state index is 14.1. The van der Waals surface area contributed by atoms with Crippen LogP contribution in [0.3, 0.4) is 0 Å². The van der Waals surface area contributed by atoms with Crippen LogP contribution >= 0.6 is 0 Å². The zero-order valence-electron chi connectivity index (χ0n) is 12.7. The first-order chi connectivity index (χ1) is 9.45. The topological polar surface area (TPSA) is 54.0 Å². The summed E-state index contributed by atoms with van der Waals surface area (Å²) in [5, 5.41) is 5.63. The first-order valence-corrected chi connectivity index (χ1v) is 7.14. The van der Waals surface area contributed by atoms with Crippen LogP contribution in [0.4, 0.5) is 10.2 Å². The lowest BCUT2D eigenvalue weighted by atomic mass is 10.0. The molecule has 1 atom stereocenters. The monoisotopic (exact) mass is 281 g/mol. The molecule has 1 heterocycles. The molecule has 0 bridgehead atoms. The standard InChI is InChI=1S/C15H24FN3O/c1-5-17-14-13(16)12(8-9-18-14)15(20)19-11(4)7-6-10(2)3/h8-11H,5-7H2,1-4H3,(H,17,18)(H,19,20). The lowest BCUT2D eigenvalue weighted by molar-refractivity contribution is 0.0933. The highest BCUT2D eigenvalue weighted by Gasteiger charge is 2.17. The van der Waals surface area contributed by atoms with Crippen LogP contribution in [0.5, 0.6) is 0 Å². The molecule has 1 aromatic rings. The van der Waals surface area contributed by atoms with Crippen LogP contribution in [0.1, 0.15) is 50.9 Å². The van der Waals surface area contributed by atoms with E-state index in [0.29, 0.717) is 12.5 Å². The van der Waals surface area contributed by atoms with Crippen molar-refractivity contribution in [2.45, 2.75) is 46.6 Å². The molecule has 1 rings (SSSR count). The predicted octanol–water partition coefficient (Wildman–Crippen LogP) is 3.21. The molecule has 0 saturated carbocycles. The largest absolute Gasteiger partial charge is 0.368 e. The molecule has 1 amide bonds. The summed E-state index contributed by atoms with van der Waals surface area (Å²) in [4.78, 5) is 16.0. The van der Waals surface area contributed by atoms with Gasteiger partial charge in [0.05, 0.1) is 5.56 Å². The number of aromatic nitrogens is 1. The predicted molar refractivity (Wildman–Crippen MR) is 79.4 cm³/mol. The van der Waals surface area contributed by atoms with Crippen molar-refractivity contribution in [3.8, 4) is 0 Å². The third kappa shape index (κ3) is 4.79. The molecule has 0 spiro atoms. The number of halogens is 1. The molecule has 0 aliphatic rings. The Morgan fingerprint density at radius 1 is 1.35 bits per heavy atom. The summed E-state index contributed by atoms with van der Waals surface area (Å²) in [6.07, 6.45) is 3.36. The lowest BCUT2D eigenvalue weighted by Gasteiger charge is -2.16. The molecule has 0 aliphatic heterocycles. The molecule has 0 saturated heterocycles. The van der Waals surface area contributed by atoms with E-state index in [9.17, 15) is 9.18 Å². The van der Waals surface area contributed by atoms with E-state index >= 15 is 0 Å². The van der Waals surface area contributed by atoms with E-state index < -0.39 is 5.82 Å². The SMILES string of the molecule is CCNc1nccc(C(=O)NC(C)CCC(C)C)c1F. The number of nitrogens with zero attached hydrogens (tertiary/aromatic N) is 1. The van der Waals surface area contributed by atoms with E-state index in [1.54, 1.807) is 0 Å². The second-order valence-electron chi connectivity index (χ2n) is 5.40. The second-order valence-corrected chi connectivity index (χ2v) is 5.40. The van der Waals surface area contributed by atoms with Gasteiger partial charge in [-0.2, -0.15) is 0 Å². The third-order valence-electron chi connectivity index (χ3n) is 3.03. The van der Waals surface area contributed by atoms with Gasteiger partial charge in [0.15, 0.2) is 11.6 Å². The third-order valence-corrected chi connectivity index (χ3v) is 3.03. The van der Waals surface area contributed by atoms with Crippen molar-refractivity contribution in [2.24, 2.45) is 5.92 Å². The van der Waals surface area contributed by atoms with Crippen molar-refractivity contribution in [3.63, 3.8) is 0 Å². The Morgan fingerprint density at radius 3 is 2.65 bits per heavy atom. The highest BCUT2D eigenvalue weighted by molar-refractivity contribution is 5.95. The zero-order chi connectivity index (χ0) is 15.1. The van der Waals surface area contributed by atoms with Crippen LogP contribution < -0.4 is 10.6 Å². The molecular weight excluding hydrogens is 257 g/mol. The Hall–Kier alpha value is -1.65. The number of hydrogen-bond donors (Lipinski definition) is 2. The number of carbonyl (C=O) groups is 1. The Bertz CT molecular complexity index is 449.